The maximum Gasteiger partial charge on any atom is 0.229 e. The van der Waals surface area contributed by atoms with E-state index in [1.165, 1.54) is 30.7 Å². The highest BCUT2D eigenvalue weighted by molar-refractivity contribution is 14.1. The van der Waals surface area contributed by atoms with Crippen molar-refractivity contribution < 1.29 is 33.3 Å². The van der Waals surface area contributed by atoms with Gasteiger partial charge >= 0.3 is 0 Å². The van der Waals surface area contributed by atoms with Crippen molar-refractivity contribution in [2.24, 2.45) is 0 Å². The first-order valence-corrected chi connectivity index (χ1v) is 7.34. The van der Waals surface area contributed by atoms with Gasteiger partial charge in [0.2, 0.25) is 5.91 Å². The van der Waals surface area contributed by atoms with Gasteiger partial charge in [-0.25, -0.2) is 0 Å². The predicted octanol–water partition coefficient (Wildman–Crippen LogP) is -1.19. The van der Waals surface area contributed by atoms with E-state index in [0.717, 1.165) is 13.0 Å². The molecular weight excluding hydrogens is 430 g/mol. The Morgan fingerprint density at radius 2 is 1.69 bits per heavy atom. The highest BCUT2D eigenvalue weighted by Gasteiger charge is 2.19. The first-order chi connectivity index (χ1) is 7.14. The Balaban J connectivity index is 0. The van der Waals surface area contributed by atoms with Gasteiger partial charge in [-0.05, 0) is 20.8 Å². The predicted molar refractivity (Wildman–Crippen MR) is 73.3 cm³/mol. The Labute approximate surface area is 130 Å². The Kier molecular flexibility index (Phi) is 13.2. The first-order valence-electron chi connectivity index (χ1n) is 5.81. The highest BCUT2D eigenvalue weighted by atomic mass is 127. The standard InChI is InChI=1S/C11H23IN2O.HI/c1-4-14(5-2,6-3)9-7-8-13-11(15)10-12;/h4-10H2,1-3H3;1H. The van der Waals surface area contributed by atoms with E-state index < -0.39 is 0 Å². The summed E-state index contributed by atoms with van der Waals surface area (Å²) in [6, 6.07) is 0. The molecule has 0 radical (unpaired) electrons. The molecule has 0 rings (SSSR count). The van der Waals surface area contributed by atoms with Crippen molar-refractivity contribution in [1.82, 2.24) is 5.32 Å². The first kappa shape index (κ1) is 19.2. The average Bonchev–Trinajstić information content (AvgIpc) is 2.30. The van der Waals surface area contributed by atoms with Gasteiger partial charge in [0, 0.05) is 13.0 Å². The van der Waals surface area contributed by atoms with E-state index in [9.17, 15) is 4.79 Å². The number of rotatable bonds is 8. The Bertz CT molecular complexity index is 177. The van der Waals surface area contributed by atoms with E-state index in [1.54, 1.807) is 0 Å². The highest BCUT2D eigenvalue weighted by Crippen LogP contribution is 2.06. The lowest BCUT2D eigenvalue weighted by Crippen LogP contribution is -3.00. The minimum absolute atomic E-state index is 0. The van der Waals surface area contributed by atoms with Crippen molar-refractivity contribution in [3.05, 3.63) is 0 Å². The molecular formula is C11H24I2N2O. The Hall–Kier alpha value is 0.890. The van der Waals surface area contributed by atoms with Crippen LogP contribution in [0, 0.1) is 0 Å². The number of hydrogen-bond acceptors (Lipinski definition) is 1. The number of carbonyl (C=O) groups excluding carboxylic acids is 1. The van der Waals surface area contributed by atoms with Crippen LogP contribution in [-0.4, -0.2) is 47.5 Å². The van der Waals surface area contributed by atoms with Crippen molar-refractivity contribution in [3.8, 4) is 0 Å². The van der Waals surface area contributed by atoms with Crippen LogP contribution in [-0.2, 0) is 4.79 Å². The van der Waals surface area contributed by atoms with Crippen LogP contribution >= 0.6 is 22.6 Å². The molecule has 16 heavy (non-hydrogen) atoms. The number of halogens is 2. The van der Waals surface area contributed by atoms with Crippen molar-refractivity contribution in [2.75, 3.05) is 37.2 Å². The molecule has 0 heterocycles. The van der Waals surface area contributed by atoms with Gasteiger partial charge in [0.05, 0.1) is 30.6 Å². The van der Waals surface area contributed by atoms with E-state index in [2.05, 4.69) is 48.7 Å². The lowest BCUT2D eigenvalue weighted by atomic mass is 10.3. The van der Waals surface area contributed by atoms with Gasteiger partial charge in [-0.15, -0.1) is 0 Å². The van der Waals surface area contributed by atoms with Crippen LogP contribution < -0.4 is 29.3 Å². The van der Waals surface area contributed by atoms with Crippen LogP contribution in [0.25, 0.3) is 0 Å². The van der Waals surface area contributed by atoms with Gasteiger partial charge < -0.3 is 33.8 Å². The maximum absolute atomic E-state index is 11.0. The van der Waals surface area contributed by atoms with Crippen LogP contribution in [0.1, 0.15) is 27.2 Å². The van der Waals surface area contributed by atoms with Crippen molar-refractivity contribution in [1.29, 1.82) is 0 Å². The van der Waals surface area contributed by atoms with Crippen LogP contribution in [0.5, 0.6) is 0 Å². The van der Waals surface area contributed by atoms with E-state index in [4.69, 9.17) is 0 Å². The summed E-state index contributed by atoms with van der Waals surface area (Å²) in [5.41, 5.74) is 0. The second-order valence-corrected chi connectivity index (χ2v) is 4.61. The van der Waals surface area contributed by atoms with Gasteiger partial charge in [-0.1, -0.05) is 22.6 Å². The number of nitrogens with one attached hydrogen (secondary N) is 1. The molecule has 0 fully saturated rings. The third-order valence-electron chi connectivity index (χ3n) is 3.27. The van der Waals surface area contributed by atoms with Gasteiger partial charge in [0.15, 0.2) is 0 Å². The zero-order valence-corrected chi connectivity index (χ0v) is 14.9. The van der Waals surface area contributed by atoms with Gasteiger partial charge in [0.1, 0.15) is 0 Å². The lowest BCUT2D eigenvalue weighted by molar-refractivity contribution is -0.923. The van der Waals surface area contributed by atoms with Gasteiger partial charge in [0.25, 0.3) is 0 Å². The molecule has 0 saturated carbocycles. The van der Waals surface area contributed by atoms with Crippen LogP contribution in [0.15, 0.2) is 0 Å². The molecule has 0 aromatic carbocycles. The maximum atomic E-state index is 11.0. The molecule has 1 N–H and O–H groups in total. The second kappa shape index (κ2) is 11.0. The summed E-state index contributed by atoms with van der Waals surface area (Å²) in [5.74, 6) is 0.151. The summed E-state index contributed by atoms with van der Waals surface area (Å²) in [4.78, 5) is 11.0. The number of nitrogens with zero attached hydrogens (tertiary/aromatic N) is 1. The van der Waals surface area contributed by atoms with Gasteiger partial charge in [-0.3, -0.25) is 4.79 Å². The quantitative estimate of drug-likeness (QED) is 0.213. The molecule has 1 amide bonds. The number of amides is 1. The van der Waals surface area contributed by atoms with Crippen LogP contribution in [0.3, 0.4) is 0 Å². The van der Waals surface area contributed by atoms with Gasteiger partial charge in [-0.2, -0.15) is 0 Å². The number of hydrogen-bond donors (Lipinski definition) is 1. The minimum Gasteiger partial charge on any atom is -1.00 e. The zero-order chi connectivity index (χ0) is 11.7. The normalized spacial score (nSPS) is 10.8. The second-order valence-electron chi connectivity index (χ2n) is 3.85. The van der Waals surface area contributed by atoms with Crippen molar-refractivity contribution >= 4 is 28.5 Å². The van der Waals surface area contributed by atoms with Crippen molar-refractivity contribution in [3.63, 3.8) is 0 Å². The summed E-state index contributed by atoms with van der Waals surface area (Å²) in [6.45, 7) is 12.3. The number of alkyl halides is 1. The summed E-state index contributed by atoms with van der Waals surface area (Å²) < 4.78 is 1.73. The summed E-state index contributed by atoms with van der Waals surface area (Å²) in [6.07, 6.45) is 1.08. The summed E-state index contributed by atoms with van der Waals surface area (Å²) in [7, 11) is 0. The van der Waals surface area contributed by atoms with Crippen LogP contribution in [0.2, 0.25) is 0 Å². The molecule has 0 aromatic heterocycles. The smallest absolute Gasteiger partial charge is 0.229 e. The molecule has 0 aliphatic rings. The topological polar surface area (TPSA) is 29.1 Å². The molecule has 0 atom stereocenters. The fourth-order valence-corrected chi connectivity index (χ4v) is 2.10. The molecule has 3 nitrogen and oxygen atoms in total. The largest absolute Gasteiger partial charge is 1.00 e. The zero-order valence-electron chi connectivity index (χ0n) is 10.6. The molecule has 0 aromatic rings. The Morgan fingerprint density at radius 3 is 2.06 bits per heavy atom. The SMILES string of the molecule is CC[N+](CC)(CC)CCCNC(=O)CI.[I-]. The third-order valence-corrected chi connectivity index (χ3v) is 3.96. The molecule has 0 bridgehead atoms. The van der Waals surface area contributed by atoms with E-state index in [1.807, 2.05) is 0 Å². The monoisotopic (exact) mass is 454 g/mol. The summed E-state index contributed by atoms with van der Waals surface area (Å²) in [5, 5.41) is 2.92. The summed E-state index contributed by atoms with van der Waals surface area (Å²) >= 11 is 2.09. The molecule has 0 saturated heterocycles. The lowest BCUT2D eigenvalue weighted by Gasteiger charge is -2.35. The molecule has 5 heteroatoms. The number of quaternary nitrogens is 1. The molecule has 0 aliphatic heterocycles. The molecule has 98 valence electrons. The third kappa shape index (κ3) is 7.26. The Morgan fingerprint density at radius 1 is 1.19 bits per heavy atom. The van der Waals surface area contributed by atoms with Crippen molar-refractivity contribution in [2.45, 2.75) is 27.2 Å². The fraction of sp³-hybridized carbons (Fsp3) is 0.909. The number of carbonyl (C=O) groups is 1. The molecule has 0 aliphatic carbocycles. The van der Waals surface area contributed by atoms with E-state index >= 15 is 0 Å². The molecule has 0 spiro atoms. The van der Waals surface area contributed by atoms with E-state index in [-0.39, 0.29) is 29.9 Å². The van der Waals surface area contributed by atoms with E-state index in [0.29, 0.717) is 4.43 Å². The minimum atomic E-state index is 0. The van der Waals surface area contributed by atoms with Crippen LogP contribution in [0.4, 0.5) is 0 Å². The molecule has 0 unspecified atom stereocenters. The average molecular weight is 454 g/mol. The fourth-order valence-electron chi connectivity index (χ4n) is 1.83.